The topological polar surface area (TPSA) is 41.1 Å². The zero-order valence-electron chi connectivity index (χ0n) is 11.4. The van der Waals surface area contributed by atoms with Gasteiger partial charge in [0.15, 0.2) is 23.3 Å². The van der Waals surface area contributed by atoms with Crippen LogP contribution in [0.1, 0.15) is 20.8 Å². The molecule has 0 saturated heterocycles. The largest absolute Gasteiger partial charge is 0.369 e. The second kappa shape index (κ2) is 6.58. The monoisotopic (exact) mass is 292 g/mol. The summed E-state index contributed by atoms with van der Waals surface area (Å²) in [4.78, 5) is 11.6. The molecule has 1 atom stereocenters. The van der Waals surface area contributed by atoms with Crippen molar-refractivity contribution in [1.29, 1.82) is 0 Å². The van der Waals surface area contributed by atoms with Crippen molar-refractivity contribution in [3.8, 4) is 0 Å². The number of benzene rings is 1. The van der Waals surface area contributed by atoms with E-state index < -0.39 is 40.9 Å². The van der Waals surface area contributed by atoms with E-state index in [-0.39, 0.29) is 12.0 Å². The van der Waals surface area contributed by atoms with Crippen LogP contribution in [0, 0.1) is 29.2 Å². The van der Waals surface area contributed by atoms with Gasteiger partial charge in [-0.15, -0.1) is 0 Å². The highest BCUT2D eigenvalue weighted by Gasteiger charge is 2.22. The molecular formula is C13H16F4N2O. The minimum atomic E-state index is -1.56. The predicted octanol–water partition coefficient (Wildman–Crippen LogP) is 2.82. The Morgan fingerprint density at radius 2 is 1.60 bits per heavy atom. The third-order valence-corrected chi connectivity index (χ3v) is 2.55. The first-order valence-electron chi connectivity index (χ1n) is 6.11. The van der Waals surface area contributed by atoms with Gasteiger partial charge in [0.05, 0.1) is 0 Å². The molecule has 7 heteroatoms. The Hall–Kier alpha value is -1.79. The van der Waals surface area contributed by atoms with Crippen LogP contribution in [0.25, 0.3) is 0 Å². The summed E-state index contributed by atoms with van der Waals surface area (Å²) in [5.41, 5.74) is -0.991. The molecule has 0 saturated carbocycles. The summed E-state index contributed by atoms with van der Waals surface area (Å²) in [6, 6.07) is -0.932. The van der Waals surface area contributed by atoms with Crippen molar-refractivity contribution in [2.75, 3.05) is 11.9 Å². The van der Waals surface area contributed by atoms with Gasteiger partial charge in [0, 0.05) is 12.6 Å². The van der Waals surface area contributed by atoms with Gasteiger partial charge in [-0.3, -0.25) is 4.79 Å². The van der Waals surface area contributed by atoms with Crippen LogP contribution in [-0.2, 0) is 4.79 Å². The molecule has 0 aliphatic carbocycles. The molecule has 20 heavy (non-hydrogen) atoms. The smallest absolute Gasteiger partial charge is 0.242 e. The number of hydrogen-bond acceptors (Lipinski definition) is 2. The number of carbonyl (C=O) groups is 1. The molecule has 1 aromatic rings. The van der Waals surface area contributed by atoms with Gasteiger partial charge >= 0.3 is 0 Å². The first-order valence-corrected chi connectivity index (χ1v) is 6.11. The minimum absolute atomic E-state index is 0.110. The summed E-state index contributed by atoms with van der Waals surface area (Å²) in [5, 5.41) is 4.68. The number of amides is 1. The summed E-state index contributed by atoms with van der Waals surface area (Å²) in [6.45, 7) is 5.46. The molecule has 2 N–H and O–H groups in total. The molecule has 1 aromatic carbocycles. The van der Waals surface area contributed by atoms with Crippen LogP contribution < -0.4 is 10.6 Å². The maximum atomic E-state index is 13.4. The van der Waals surface area contributed by atoms with Crippen LogP contribution in [-0.4, -0.2) is 18.5 Å². The van der Waals surface area contributed by atoms with Gasteiger partial charge in [0.25, 0.3) is 0 Å². The van der Waals surface area contributed by atoms with E-state index in [4.69, 9.17) is 0 Å². The third-order valence-electron chi connectivity index (χ3n) is 2.55. The van der Waals surface area contributed by atoms with Crippen LogP contribution in [0.3, 0.4) is 0 Å². The lowest BCUT2D eigenvalue weighted by atomic mass is 10.2. The van der Waals surface area contributed by atoms with E-state index in [1.807, 2.05) is 13.8 Å². The lowest BCUT2D eigenvalue weighted by Crippen LogP contribution is -2.39. The summed E-state index contributed by atoms with van der Waals surface area (Å²) in [5.74, 6) is -6.50. The molecule has 1 rings (SSSR count). The molecular weight excluding hydrogens is 276 g/mol. The van der Waals surface area contributed by atoms with E-state index in [9.17, 15) is 22.4 Å². The lowest BCUT2D eigenvalue weighted by molar-refractivity contribution is -0.121. The molecule has 1 unspecified atom stereocenters. The van der Waals surface area contributed by atoms with Gasteiger partial charge in [-0.1, -0.05) is 13.8 Å². The molecule has 0 aliphatic rings. The van der Waals surface area contributed by atoms with E-state index >= 15 is 0 Å². The zero-order valence-corrected chi connectivity index (χ0v) is 11.4. The van der Waals surface area contributed by atoms with E-state index in [1.54, 1.807) is 0 Å². The number of nitrogens with one attached hydrogen (secondary N) is 2. The number of carbonyl (C=O) groups excluding carboxylic acids is 1. The fourth-order valence-corrected chi connectivity index (χ4v) is 1.44. The average Bonchev–Trinajstić information content (AvgIpc) is 2.38. The number of anilines is 1. The standard InChI is InChI=1S/C13H16F4N2O/c1-6(2)5-18-13(20)7(3)19-12-10(16)8(14)4-9(15)11(12)17/h4,6-7,19H,5H2,1-3H3,(H,18,20). The Bertz CT molecular complexity index is 479. The lowest BCUT2D eigenvalue weighted by Gasteiger charge is -2.17. The maximum absolute atomic E-state index is 13.4. The van der Waals surface area contributed by atoms with Gasteiger partial charge in [0.1, 0.15) is 11.7 Å². The molecule has 0 aliphatic heterocycles. The Labute approximate surface area is 114 Å². The molecule has 0 radical (unpaired) electrons. The van der Waals surface area contributed by atoms with Crippen molar-refractivity contribution >= 4 is 11.6 Å². The summed E-state index contributed by atoms with van der Waals surface area (Å²) < 4.78 is 52.8. The quantitative estimate of drug-likeness (QED) is 0.647. The summed E-state index contributed by atoms with van der Waals surface area (Å²) in [6.07, 6.45) is 0. The Balaban J connectivity index is 2.85. The molecule has 0 heterocycles. The second-order valence-corrected chi connectivity index (χ2v) is 4.85. The van der Waals surface area contributed by atoms with Crippen molar-refractivity contribution < 1.29 is 22.4 Å². The minimum Gasteiger partial charge on any atom is -0.369 e. The predicted molar refractivity (Wildman–Crippen MR) is 67.2 cm³/mol. The van der Waals surface area contributed by atoms with Crippen molar-refractivity contribution in [2.45, 2.75) is 26.8 Å². The van der Waals surface area contributed by atoms with Crippen LogP contribution >= 0.6 is 0 Å². The molecule has 112 valence electrons. The molecule has 0 spiro atoms. The van der Waals surface area contributed by atoms with E-state index in [1.165, 1.54) is 6.92 Å². The summed E-state index contributed by atoms with van der Waals surface area (Å²) >= 11 is 0. The highest BCUT2D eigenvalue weighted by molar-refractivity contribution is 5.84. The molecule has 0 bridgehead atoms. The first kappa shape index (κ1) is 16.3. The van der Waals surface area contributed by atoms with Crippen LogP contribution in [0.5, 0.6) is 0 Å². The Morgan fingerprint density at radius 3 is 2.05 bits per heavy atom. The van der Waals surface area contributed by atoms with Crippen molar-refractivity contribution in [3.05, 3.63) is 29.3 Å². The highest BCUT2D eigenvalue weighted by atomic mass is 19.2. The molecule has 0 fully saturated rings. The molecule has 0 aromatic heterocycles. The number of rotatable bonds is 5. The normalized spacial score (nSPS) is 12.4. The van der Waals surface area contributed by atoms with Crippen molar-refractivity contribution in [1.82, 2.24) is 5.32 Å². The van der Waals surface area contributed by atoms with Crippen molar-refractivity contribution in [3.63, 3.8) is 0 Å². The van der Waals surface area contributed by atoms with E-state index in [2.05, 4.69) is 10.6 Å². The van der Waals surface area contributed by atoms with Crippen LogP contribution in [0.2, 0.25) is 0 Å². The molecule has 3 nitrogen and oxygen atoms in total. The highest BCUT2D eigenvalue weighted by Crippen LogP contribution is 2.24. The van der Waals surface area contributed by atoms with Gasteiger partial charge in [-0.25, -0.2) is 17.6 Å². The Morgan fingerprint density at radius 1 is 1.10 bits per heavy atom. The zero-order chi connectivity index (χ0) is 15.4. The fourth-order valence-electron chi connectivity index (χ4n) is 1.44. The molecule has 1 amide bonds. The number of hydrogen-bond donors (Lipinski definition) is 2. The maximum Gasteiger partial charge on any atom is 0.242 e. The Kier molecular flexibility index (Phi) is 5.35. The van der Waals surface area contributed by atoms with Crippen molar-refractivity contribution in [2.24, 2.45) is 5.92 Å². The third kappa shape index (κ3) is 3.85. The van der Waals surface area contributed by atoms with Crippen LogP contribution in [0.4, 0.5) is 23.2 Å². The van der Waals surface area contributed by atoms with E-state index in [0.717, 1.165) is 0 Å². The average molecular weight is 292 g/mol. The van der Waals surface area contributed by atoms with Gasteiger partial charge in [0.2, 0.25) is 5.91 Å². The van der Waals surface area contributed by atoms with E-state index in [0.29, 0.717) is 6.54 Å². The summed E-state index contributed by atoms with van der Waals surface area (Å²) in [7, 11) is 0. The van der Waals surface area contributed by atoms with Crippen LogP contribution in [0.15, 0.2) is 6.07 Å². The fraction of sp³-hybridized carbons (Fsp3) is 0.462. The van der Waals surface area contributed by atoms with Gasteiger partial charge < -0.3 is 10.6 Å². The SMILES string of the molecule is CC(C)CNC(=O)C(C)Nc1c(F)c(F)cc(F)c1F. The van der Waals surface area contributed by atoms with Gasteiger partial charge in [-0.2, -0.15) is 0 Å². The number of halogens is 4. The van der Waals surface area contributed by atoms with Gasteiger partial charge in [-0.05, 0) is 12.8 Å². The second-order valence-electron chi connectivity index (χ2n) is 4.85. The first-order chi connectivity index (χ1) is 9.23.